The molecule has 5 heteroatoms. The van der Waals surface area contributed by atoms with E-state index in [2.05, 4.69) is 4.98 Å². The highest BCUT2D eigenvalue weighted by atomic mass is 32.1. The summed E-state index contributed by atoms with van der Waals surface area (Å²) in [6.07, 6.45) is 0. The quantitative estimate of drug-likeness (QED) is 0.924. The average molecular weight is 262 g/mol. The molecule has 94 valence electrons. The van der Waals surface area contributed by atoms with Crippen molar-refractivity contribution in [3.63, 3.8) is 0 Å². The summed E-state index contributed by atoms with van der Waals surface area (Å²) in [5.74, 6) is 0.350. The van der Waals surface area contributed by atoms with E-state index in [0.29, 0.717) is 5.69 Å². The number of benzene rings is 1. The number of hydrogen-bond acceptors (Lipinski definition) is 4. The molecular formula is C13H14N2O2S. The lowest BCUT2D eigenvalue weighted by Gasteiger charge is -2.09. The number of thiazole rings is 1. The highest BCUT2D eigenvalue weighted by Crippen LogP contribution is 2.31. The number of nitrogens with zero attached hydrogens (tertiary/aromatic N) is 1. The van der Waals surface area contributed by atoms with Crippen molar-refractivity contribution in [1.29, 1.82) is 0 Å². The summed E-state index contributed by atoms with van der Waals surface area (Å²) in [5.41, 5.74) is 8.61. The van der Waals surface area contributed by atoms with Crippen LogP contribution < -0.4 is 10.5 Å². The maximum atomic E-state index is 11.0. The van der Waals surface area contributed by atoms with Crippen LogP contribution in [0.25, 0.3) is 10.6 Å². The zero-order chi connectivity index (χ0) is 13.3. The molecule has 0 saturated carbocycles. The number of rotatable bonds is 3. The first-order chi connectivity index (χ1) is 8.52. The summed E-state index contributed by atoms with van der Waals surface area (Å²) < 4.78 is 5.27. The second-order valence-electron chi connectivity index (χ2n) is 4.04. The fraction of sp³-hybridized carbons (Fsp3) is 0.231. The Morgan fingerprint density at radius 2 is 2.06 bits per heavy atom. The predicted octanol–water partition coefficient (Wildman–Crippen LogP) is 2.53. The van der Waals surface area contributed by atoms with E-state index >= 15 is 0 Å². The van der Waals surface area contributed by atoms with Gasteiger partial charge in [-0.25, -0.2) is 4.98 Å². The first-order valence-electron chi connectivity index (χ1n) is 5.44. The van der Waals surface area contributed by atoms with Gasteiger partial charge >= 0.3 is 0 Å². The lowest BCUT2D eigenvalue weighted by molar-refractivity contribution is 0.0996. The number of aryl methyl sites for hydroxylation is 2. The van der Waals surface area contributed by atoms with Crippen molar-refractivity contribution in [3.05, 3.63) is 34.3 Å². The van der Waals surface area contributed by atoms with Crippen LogP contribution in [0.15, 0.2) is 17.5 Å². The molecule has 0 aliphatic rings. The Balaban J connectivity index is 2.50. The first-order valence-corrected chi connectivity index (χ1v) is 6.32. The Bertz CT molecular complexity index is 605. The minimum atomic E-state index is -0.500. The van der Waals surface area contributed by atoms with E-state index in [9.17, 15) is 4.79 Å². The molecule has 2 rings (SSSR count). The third-order valence-electron chi connectivity index (χ3n) is 2.73. The maximum Gasteiger partial charge on any atom is 0.268 e. The van der Waals surface area contributed by atoms with Gasteiger partial charge in [0.05, 0.1) is 7.11 Å². The van der Waals surface area contributed by atoms with E-state index in [1.165, 1.54) is 11.3 Å². The van der Waals surface area contributed by atoms with Crippen molar-refractivity contribution in [2.24, 2.45) is 5.73 Å². The summed E-state index contributed by atoms with van der Waals surface area (Å²) >= 11 is 1.41. The number of carbonyl (C=O) groups excluding carboxylic acids is 1. The molecule has 0 atom stereocenters. The number of aromatic nitrogens is 1. The van der Waals surface area contributed by atoms with Crippen LogP contribution in [-0.4, -0.2) is 18.0 Å². The van der Waals surface area contributed by atoms with Crippen LogP contribution in [0.1, 0.15) is 21.6 Å². The van der Waals surface area contributed by atoms with Gasteiger partial charge in [-0.15, -0.1) is 11.3 Å². The number of primary amides is 1. The van der Waals surface area contributed by atoms with E-state index in [1.807, 2.05) is 26.0 Å². The molecule has 1 amide bonds. The molecule has 0 unspecified atom stereocenters. The number of amides is 1. The van der Waals surface area contributed by atoms with E-state index in [1.54, 1.807) is 12.5 Å². The Labute approximate surface area is 109 Å². The molecule has 0 fully saturated rings. The van der Waals surface area contributed by atoms with Gasteiger partial charge in [0.15, 0.2) is 0 Å². The fourth-order valence-corrected chi connectivity index (χ4v) is 2.64. The van der Waals surface area contributed by atoms with Crippen LogP contribution in [-0.2, 0) is 0 Å². The van der Waals surface area contributed by atoms with Gasteiger partial charge in [0.1, 0.15) is 16.5 Å². The van der Waals surface area contributed by atoms with E-state index in [4.69, 9.17) is 10.5 Å². The van der Waals surface area contributed by atoms with Crippen LogP contribution in [0.2, 0.25) is 0 Å². The maximum absolute atomic E-state index is 11.0. The SMILES string of the molecule is COc1cc(C)c(-c2nc(C(N)=O)cs2)cc1C. The molecule has 0 bridgehead atoms. The zero-order valence-electron chi connectivity index (χ0n) is 10.5. The van der Waals surface area contributed by atoms with Crippen molar-refractivity contribution in [2.45, 2.75) is 13.8 Å². The lowest BCUT2D eigenvalue weighted by atomic mass is 10.1. The summed E-state index contributed by atoms with van der Waals surface area (Å²) in [7, 11) is 1.65. The molecule has 2 N–H and O–H groups in total. The Kier molecular flexibility index (Phi) is 3.34. The molecule has 1 aromatic heterocycles. The number of carbonyl (C=O) groups is 1. The second-order valence-corrected chi connectivity index (χ2v) is 4.90. The average Bonchev–Trinajstić information content (AvgIpc) is 2.81. The molecule has 1 heterocycles. The molecule has 0 aliphatic carbocycles. The topological polar surface area (TPSA) is 65.2 Å². The van der Waals surface area contributed by atoms with Gasteiger partial charge in [-0.1, -0.05) is 0 Å². The first kappa shape index (κ1) is 12.6. The zero-order valence-corrected chi connectivity index (χ0v) is 11.3. The van der Waals surface area contributed by atoms with Crippen LogP contribution in [0.3, 0.4) is 0 Å². The Morgan fingerprint density at radius 1 is 1.33 bits per heavy atom. The summed E-state index contributed by atoms with van der Waals surface area (Å²) in [6, 6.07) is 3.98. The van der Waals surface area contributed by atoms with E-state index in [-0.39, 0.29) is 0 Å². The normalized spacial score (nSPS) is 10.4. The minimum absolute atomic E-state index is 0.308. The van der Waals surface area contributed by atoms with Crippen molar-refractivity contribution >= 4 is 17.2 Å². The van der Waals surface area contributed by atoms with E-state index in [0.717, 1.165) is 27.4 Å². The molecule has 0 saturated heterocycles. The standard InChI is InChI=1S/C13H14N2O2S/c1-7-5-11(17-3)8(2)4-9(7)13-15-10(6-18-13)12(14)16/h4-6H,1-3H3,(H2,14,16). The Hall–Kier alpha value is -1.88. The largest absolute Gasteiger partial charge is 0.496 e. The van der Waals surface area contributed by atoms with Gasteiger partial charge in [-0.2, -0.15) is 0 Å². The monoisotopic (exact) mass is 262 g/mol. The molecule has 4 nitrogen and oxygen atoms in total. The minimum Gasteiger partial charge on any atom is -0.496 e. The van der Waals surface area contributed by atoms with Crippen LogP contribution in [0.5, 0.6) is 5.75 Å². The molecular weight excluding hydrogens is 248 g/mol. The Morgan fingerprint density at radius 3 is 2.61 bits per heavy atom. The number of hydrogen-bond donors (Lipinski definition) is 1. The highest BCUT2D eigenvalue weighted by Gasteiger charge is 2.12. The number of ether oxygens (including phenoxy) is 1. The summed E-state index contributed by atoms with van der Waals surface area (Å²) in [5, 5.41) is 2.48. The van der Waals surface area contributed by atoms with Crippen LogP contribution in [0, 0.1) is 13.8 Å². The van der Waals surface area contributed by atoms with Gasteiger partial charge in [0.25, 0.3) is 5.91 Å². The van der Waals surface area contributed by atoms with Gasteiger partial charge in [0, 0.05) is 10.9 Å². The summed E-state index contributed by atoms with van der Waals surface area (Å²) in [4.78, 5) is 15.3. The molecule has 0 spiro atoms. The van der Waals surface area contributed by atoms with Crippen molar-refractivity contribution in [3.8, 4) is 16.3 Å². The molecule has 0 aliphatic heterocycles. The predicted molar refractivity (Wildman–Crippen MR) is 72.1 cm³/mol. The molecule has 0 radical (unpaired) electrons. The molecule has 18 heavy (non-hydrogen) atoms. The third-order valence-corrected chi connectivity index (χ3v) is 3.60. The van der Waals surface area contributed by atoms with Crippen molar-refractivity contribution in [2.75, 3.05) is 7.11 Å². The molecule has 2 aromatic rings. The summed E-state index contributed by atoms with van der Waals surface area (Å²) in [6.45, 7) is 3.97. The second kappa shape index (κ2) is 4.78. The molecule has 1 aromatic carbocycles. The van der Waals surface area contributed by atoms with Crippen molar-refractivity contribution in [1.82, 2.24) is 4.98 Å². The van der Waals surface area contributed by atoms with E-state index < -0.39 is 5.91 Å². The number of methoxy groups -OCH3 is 1. The fourth-order valence-electron chi connectivity index (χ4n) is 1.75. The van der Waals surface area contributed by atoms with Gasteiger partial charge in [-0.05, 0) is 37.1 Å². The van der Waals surface area contributed by atoms with Gasteiger partial charge < -0.3 is 10.5 Å². The number of nitrogens with two attached hydrogens (primary N) is 1. The lowest BCUT2D eigenvalue weighted by Crippen LogP contribution is -2.11. The van der Waals surface area contributed by atoms with Crippen molar-refractivity contribution < 1.29 is 9.53 Å². The van der Waals surface area contributed by atoms with Crippen LogP contribution in [0.4, 0.5) is 0 Å². The third kappa shape index (κ3) is 2.22. The highest BCUT2D eigenvalue weighted by molar-refractivity contribution is 7.13. The van der Waals surface area contributed by atoms with Gasteiger partial charge in [0.2, 0.25) is 0 Å². The van der Waals surface area contributed by atoms with Crippen LogP contribution >= 0.6 is 11.3 Å². The van der Waals surface area contributed by atoms with Gasteiger partial charge in [-0.3, -0.25) is 4.79 Å². The smallest absolute Gasteiger partial charge is 0.268 e.